The van der Waals surface area contributed by atoms with Crippen molar-refractivity contribution in [2.75, 3.05) is 10.5 Å². The monoisotopic (exact) mass is 294 g/mol. The molecule has 0 fully saturated rings. The predicted molar refractivity (Wildman–Crippen MR) is 72.6 cm³/mol. The molecule has 0 bridgehead atoms. The molecule has 1 aromatic carbocycles. The normalized spacial score (nSPS) is 11.0. The van der Waals surface area contributed by atoms with Crippen LogP contribution < -0.4 is 10.5 Å². The van der Waals surface area contributed by atoms with E-state index in [-0.39, 0.29) is 10.6 Å². The Hall–Kier alpha value is -2.68. The van der Waals surface area contributed by atoms with Crippen LogP contribution >= 0.6 is 0 Å². The first-order chi connectivity index (χ1) is 9.40. The third kappa shape index (κ3) is 2.83. The largest absolute Gasteiger partial charge is 0.393 e. The Morgan fingerprint density at radius 2 is 1.85 bits per heavy atom. The van der Waals surface area contributed by atoms with Crippen LogP contribution in [0.2, 0.25) is 0 Å². The summed E-state index contributed by atoms with van der Waals surface area (Å²) in [5, 5.41) is 10.8. The van der Waals surface area contributed by atoms with Gasteiger partial charge < -0.3 is 5.73 Å². The number of hydrogen-bond acceptors (Lipinski definition) is 6. The van der Waals surface area contributed by atoms with E-state index in [0.29, 0.717) is 5.69 Å². The second-order valence-electron chi connectivity index (χ2n) is 3.82. The highest BCUT2D eigenvalue weighted by molar-refractivity contribution is 7.92. The first kappa shape index (κ1) is 13.7. The second-order valence-corrected chi connectivity index (χ2v) is 5.50. The van der Waals surface area contributed by atoms with Crippen molar-refractivity contribution < 1.29 is 13.3 Å². The molecule has 0 aliphatic carbocycles. The van der Waals surface area contributed by atoms with Crippen LogP contribution in [-0.4, -0.2) is 18.3 Å². The zero-order valence-corrected chi connectivity index (χ0v) is 10.9. The highest BCUT2D eigenvalue weighted by atomic mass is 32.2. The van der Waals surface area contributed by atoms with Crippen LogP contribution in [-0.2, 0) is 10.0 Å². The van der Waals surface area contributed by atoms with Crippen LogP contribution in [0.15, 0.2) is 47.6 Å². The number of nitro benzene ring substituents is 1. The summed E-state index contributed by atoms with van der Waals surface area (Å²) >= 11 is 0. The molecule has 0 radical (unpaired) electrons. The lowest BCUT2D eigenvalue weighted by molar-refractivity contribution is -0.384. The molecule has 1 aromatic heterocycles. The summed E-state index contributed by atoms with van der Waals surface area (Å²) in [5.41, 5.74) is 5.17. The van der Waals surface area contributed by atoms with Gasteiger partial charge in [-0.15, -0.1) is 0 Å². The molecule has 8 nitrogen and oxygen atoms in total. The maximum absolute atomic E-state index is 12.1. The van der Waals surface area contributed by atoms with Crippen LogP contribution in [0.5, 0.6) is 0 Å². The number of benzene rings is 1. The number of nitrogens with two attached hydrogens (primary N) is 1. The lowest BCUT2D eigenvalue weighted by Gasteiger charge is -2.08. The van der Waals surface area contributed by atoms with Crippen molar-refractivity contribution in [2.45, 2.75) is 4.90 Å². The standard InChI is InChI=1S/C11H10N4O4S/c12-10-2-1-9(7-11(10)15(16)17)20(18,19)14-8-3-5-13-6-4-8/h1-7H,12H2,(H,13,14). The summed E-state index contributed by atoms with van der Waals surface area (Å²) in [6.45, 7) is 0. The van der Waals surface area contributed by atoms with Gasteiger partial charge in [-0.3, -0.25) is 19.8 Å². The molecule has 0 amide bonds. The minimum atomic E-state index is -3.92. The van der Waals surface area contributed by atoms with Crippen molar-refractivity contribution >= 4 is 27.1 Å². The van der Waals surface area contributed by atoms with Crippen molar-refractivity contribution in [1.82, 2.24) is 4.98 Å². The summed E-state index contributed by atoms with van der Waals surface area (Å²) in [4.78, 5) is 13.5. The molecule has 20 heavy (non-hydrogen) atoms. The number of nitro groups is 1. The molecule has 2 rings (SSSR count). The van der Waals surface area contributed by atoms with Crippen molar-refractivity contribution in [1.29, 1.82) is 0 Å². The van der Waals surface area contributed by atoms with E-state index in [0.717, 1.165) is 6.07 Å². The SMILES string of the molecule is Nc1ccc(S(=O)(=O)Nc2ccncc2)cc1[N+](=O)[O-]. The van der Waals surface area contributed by atoms with E-state index in [1.165, 1.54) is 36.7 Å². The predicted octanol–water partition coefficient (Wildman–Crippen LogP) is 1.37. The minimum absolute atomic E-state index is 0.0992. The van der Waals surface area contributed by atoms with Gasteiger partial charge in [0.15, 0.2) is 0 Å². The average Bonchev–Trinajstić information content (AvgIpc) is 2.39. The van der Waals surface area contributed by atoms with Gasteiger partial charge in [0.05, 0.1) is 15.5 Å². The smallest absolute Gasteiger partial charge is 0.293 e. The Balaban J connectivity index is 2.40. The van der Waals surface area contributed by atoms with E-state index in [1.807, 2.05) is 0 Å². The molecule has 104 valence electrons. The summed E-state index contributed by atoms with van der Waals surface area (Å²) in [6.07, 6.45) is 2.84. The third-order valence-electron chi connectivity index (χ3n) is 2.44. The molecule has 0 aliphatic heterocycles. The van der Waals surface area contributed by atoms with Gasteiger partial charge in [-0.25, -0.2) is 8.42 Å². The van der Waals surface area contributed by atoms with Crippen LogP contribution in [0, 0.1) is 10.1 Å². The number of sulfonamides is 1. The third-order valence-corrected chi connectivity index (χ3v) is 3.82. The van der Waals surface area contributed by atoms with Crippen molar-refractivity contribution in [2.24, 2.45) is 0 Å². The van der Waals surface area contributed by atoms with Crippen LogP contribution in [0.3, 0.4) is 0 Å². The number of nitrogens with zero attached hydrogens (tertiary/aromatic N) is 2. The fraction of sp³-hybridized carbons (Fsp3) is 0. The van der Waals surface area contributed by atoms with E-state index >= 15 is 0 Å². The highest BCUT2D eigenvalue weighted by Crippen LogP contribution is 2.25. The number of anilines is 2. The lowest BCUT2D eigenvalue weighted by atomic mass is 10.3. The van der Waals surface area contributed by atoms with E-state index in [9.17, 15) is 18.5 Å². The Kier molecular flexibility index (Phi) is 3.53. The van der Waals surface area contributed by atoms with Crippen LogP contribution in [0.25, 0.3) is 0 Å². The van der Waals surface area contributed by atoms with Gasteiger partial charge in [-0.2, -0.15) is 0 Å². The highest BCUT2D eigenvalue weighted by Gasteiger charge is 2.20. The first-order valence-electron chi connectivity index (χ1n) is 5.37. The molecule has 0 aliphatic rings. The van der Waals surface area contributed by atoms with E-state index < -0.39 is 20.6 Å². The molecule has 9 heteroatoms. The van der Waals surface area contributed by atoms with E-state index in [4.69, 9.17) is 5.73 Å². The van der Waals surface area contributed by atoms with Crippen molar-refractivity contribution in [3.8, 4) is 0 Å². The topological polar surface area (TPSA) is 128 Å². The number of rotatable bonds is 4. The second kappa shape index (κ2) is 5.13. The Labute approximate surface area is 114 Å². The van der Waals surface area contributed by atoms with Gasteiger partial charge in [-0.05, 0) is 24.3 Å². The Morgan fingerprint density at radius 1 is 1.20 bits per heavy atom. The Morgan fingerprint density at radius 3 is 2.45 bits per heavy atom. The van der Waals surface area contributed by atoms with Gasteiger partial charge in [0.2, 0.25) is 0 Å². The van der Waals surface area contributed by atoms with E-state index in [1.54, 1.807) is 0 Å². The fourth-order valence-corrected chi connectivity index (χ4v) is 2.56. The molecular formula is C11H10N4O4S. The van der Waals surface area contributed by atoms with Crippen LogP contribution in [0.1, 0.15) is 0 Å². The first-order valence-corrected chi connectivity index (χ1v) is 6.85. The molecule has 0 saturated heterocycles. The summed E-state index contributed by atoms with van der Waals surface area (Å²) < 4.78 is 26.5. The van der Waals surface area contributed by atoms with Crippen molar-refractivity contribution in [3.63, 3.8) is 0 Å². The maximum atomic E-state index is 12.1. The molecule has 0 atom stereocenters. The lowest BCUT2D eigenvalue weighted by Crippen LogP contribution is -2.13. The quantitative estimate of drug-likeness (QED) is 0.498. The molecule has 0 unspecified atom stereocenters. The van der Waals surface area contributed by atoms with Gasteiger partial charge in [-0.1, -0.05) is 0 Å². The zero-order chi connectivity index (χ0) is 14.8. The molecule has 3 N–H and O–H groups in total. The molecule has 0 spiro atoms. The fourth-order valence-electron chi connectivity index (χ4n) is 1.48. The summed E-state index contributed by atoms with van der Waals surface area (Å²) in [7, 11) is -3.92. The number of hydrogen-bond donors (Lipinski definition) is 2. The minimum Gasteiger partial charge on any atom is -0.393 e. The van der Waals surface area contributed by atoms with Gasteiger partial charge >= 0.3 is 0 Å². The number of pyridine rings is 1. The van der Waals surface area contributed by atoms with E-state index in [2.05, 4.69) is 9.71 Å². The molecule has 1 heterocycles. The summed E-state index contributed by atoms with van der Waals surface area (Å²) in [5.74, 6) is 0. The van der Waals surface area contributed by atoms with Crippen LogP contribution in [0.4, 0.5) is 17.1 Å². The van der Waals surface area contributed by atoms with Gasteiger partial charge in [0, 0.05) is 18.5 Å². The summed E-state index contributed by atoms with van der Waals surface area (Å²) in [6, 6.07) is 6.22. The average molecular weight is 294 g/mol. The van der Waals surface area contributed by atoms with Gasteiger partial charge in [0.1, 0.15) is 5.69 Å². The number of nitrogens with one attached hydrogen (secondary N) is 1. The number of aromatic nitrogens is 1. The molecule has 0 saturated carbocycles. The zero-order valence-electron chi connectivity index (χ0n) is 10.1. The molecular weight excluding hydrogens is 284 g/mol. The molecule has 2 aromatic rings. The maximum Gasteiger partial charge on any atom is 0.293 e. The van der Waals surface area contributed by atoms with Gasteiger partial charge in [0.25, 0.3) is 15.7 Å². The number of nitrogen functional groups attached to an aromatic ring is 1. The Bertz CT molecular complexity index is 746. The van der Waals surface area contributed by atoms with Crippen molar-refractivity contribution in [3.05, 3.63) is 52.8 Å².